The highest BCUT2D eigenvalue weighted by Crippen LogP contribution is 2.33. The van der Waals surface area contributed by atoms with E-state index in [0.717, 1.165) is 31.8 Å². The number of carbonyl (C=O) groups excluding carboxylic acids is 1. The molecule has 0 unspecified atom stereocenters. The SMILES string of the molecule is CCn1c(-n2cnc(C(F)(F)F)c2)nc2c(N[C@H]3CCN(C(=O)C4CC4)C3)ncnc21. The summed E-state index contributed by atoms with van der Waals surface area (Å²) in [6.45, 7) is 3.61. The topological polar surface area (TPSA) is 93.8 Å². The van der Waals surface area contributed by atoms with Gasteiger partial charge in [0, 0.05) is 37.8 Å². The van der Waals surface area contributed by atoms with Gasteiger partial charge in [-0.25, -0.2) is 19.9 Å². The number of hydrogen-bond donors (Lipinski definition) is 1. The molecule has 3 aromatic rings. The third-order valence-electron chi connectivity index (χ3n) is 5.70. The third kappa shape index (κ3) is 3.59. The van der Waals surface area contributed by atoms with Crippen LogP contribution in [0.2, 0.25) is 0 Å². The minimum Gasteiger partial charge on any atom is -0.364 e. The van der Waals surface area contributed by atoms with Gasteiger partial charge in [-0.2, -0.15) is 13.2 Å². The Bertz CT molecular complexity index is 1130. The van der Waals surface area contributed by atoms with Crippen molar-refractivity contribution in [3.63, 3.8) is 0 Å². The van der Waals surface area contributed by atoms with Crippen LogP contribution in [0.1, 0.15) is 31.9 Å². The van der Waals surface area contributed by atoms with E-state index in [2.05, 4.69) is 25.3 Å². The predicted molar refractivity (Wildman–Crippen MR) is 104 cm³/mol. The fraction of sp³-hybridized carbons (Fsp3) is 0.526. The lowest BCUT2D eigenvalue weighted by Gasteiger charge is -2.17. The molecule has 0 radical (unpaired) electrons. The van der Waals surface area contributed by atoms with E-state index >= 15 is 0 Å². The number of imidazole rings is 2. The summed E-state index contributed by atoms with van der Waals surface area (Å²) in [5.41, 5.74) is -0.00670. The predicted octanol–water partition coefficient (Wildman–Crippen LogP) is 2.47. The van der Waals surface area contributed by atoms with Crippen molar-refractivity contribution in [1.82, 2.24) is 34.0 Å². The summed E-state index contributed by atoms with van der Waals surface area (Å²) in [5, 5.41) is 3.35. The van der Waals surface area contributed by atoms with Crippen molar-refractivity contribution >= 4 is 22.9 Å². The van der Waals surface area contributed by atoms with E-state index in [0.29, 0.717) is 36.6 Å². The molecule has 12 heteroatoms. The molecule has 2 fully saturated rings. The molecule has 1 aliphatic carbocycles. The van der Waals surface area contributed by atoms with Crippen molar-refractivity contribution in [2.24, 2.45) is 5.92 Å². The molecule has 1 atom stereocenters. The van der Waals surface area contributed by atoms with E-state index in [9.17, 15) is 18.0 Å². The maximum Gasteiger partial charge on any atom is 0.434 e. The van der Waals surface area contributed by atoms with Crippen LogP contribution in [0.3, 0.4) is 0 Å². The van der Waals surface area contributed by atoms with E-state index in [1.165, 1.54) is 10.9 Å². The van der Waals surface area contributed by atoms with E-state index < -0.39 is 11.9 Å². The van der Waals surface area contributed by atoms with Crippen LogP contribution >= 0.6 is 0 Å². The van der Waals surface area contributed by atoms with Gasteiger partial charge in [-0.1, -0.05) is 0 Å². The first kappa shape index (κ1) is 19.8. The molecular weight excluding hydrogens is 413 g/mol. The number of halogens is 3. The maximum atomic E-state index is 13.0. The number of rotatable bonds is 5. The van der Waals surface area contributed by atoms with Crippen molar-refractivity contribution in [2.45, 2.75) is 44.9 Å². The quantitative estimate of drug-likeness (QED) is 0.663. The normalized spacial score (nSPS) is 19.4. The maximum absolute atomic E-state index is 13.0. The first-order valence-corrected chi connectivity index (χ1v) is 10.2. The fourth-order valence-electron chi connectivity index (χ4n) is 3.96. The van der Waals surface area contributed by atoms with Gasteiger partial charge in [0.25, 0.3) is 0 Å². The lowest BCUT2D eigenvalue weighted by atomic mass is 10.2. The molecule has 2 aliphatic rings. The molecule has 0 aromatic carbocycles. The van der Waals surface area contributed by atoms with Crippen LogP contribution in [0.25, 0.3) is 17.1 Å². The number of hydrogen-bond acceptors (Lipinski definition) is 6. The van der Waals surface area contributed by atoms with Gasteiger partial charge in [-0.05, 0) is 26.2 Å². The average molecular weight is 434 g/mol. The zero-order valence-electron chi connectivity index (χ0n) is 16.8. The molecule has 31 heavy (non-hydrogen) atoms. The number of aryl methyl sites for hydroxylation is 1. The van der Waals surface area contributed by atoms with Gasteiger partial charge in [0.1, 0.15) is 12.7 Å². The van der Waals surface area contributed by atoms with E-state index in [-0.39, 0.29) is 23.8 Å². The third-order valence-corrected chi connectivity index (χ3v) is 5.70. The Morgan fingerprint density at radius 3 is 2.71 bits per heavy atom. The number of amides is 1. The molecule has 1 amide bonds. The minimum atomic E-state index is -4.53. The summed E-state index contributed by atoms with van der Waals surface area (Å²) in [7, 11) is 0. The minimum absolute atomic E-state index is 0.0288. The molecule has 164 valence electrons. The summed E-state index contributed by atoms with van der Waals surface area (Å²) in [6.07, 6.45) is 1.61. The highest BCUT2D eigenvalue weighted by molar-refractivity contribution is 5.85. The lowest BCUT2D eigenvalue weighted by molar-refractivity contribution is -0.141. The summed E-state index contributed by atoms with van der Waals surface area (Å²) >= 11 is 0. The number of anilines is 1. The Balaban J connectivity index is 1.44. The number of alkyl halides is 3. The van der Waals surface area contributed by atoms with Crippen molar-refractivity contribution in [2.75, 3.05) is 18.4 Å². The number of likely N-dealkylation sites (tertiary alicyclic amines) is 1. The van der Waals surface area contributed by atoms with Gasteiger partial charge in [0.05, 0.1) is 0 Å². The second-order valence-corrected chi connectivity index (χ2v) is 7.90. The van der Waals surface area contributed by atoms with Crippen LogP contribution in [-0.4, -0.2) is 59.0 Å². The molecule has 5 rings (SSSR count). The average Bonchev–Trinajstić information content (AvgIpc) is 3.14. The van der Waals surface area contributed by atoms with Crippen LogP contribution in [0.5, 0.6) is 0 Å². The van der Waals surface area contributed by atoms with Crippen LogP contribution < -0.4 is 5.32 Å². The van der Waals surface area contributed by atoms with Crippen LogP contribution in [0.15, 0.2) is 18.9 Å². The zero-order chi connectivity index (χ0) is 21.8. The summed E-state index contributed by atoms with van der Waals surface area (Å²) in [6, 6.07) is 0.0288. The number of carbonyl (C=O) groups is 1. The molecule has 4 heterocycles. The molecular formula is C19H21F3N8O. The number of aromatic nitrogens is 6. The second kappa shape index (κ2) is 7.20. The summed E-state index contributed by atoms with van der Waals surface area (Å²) in [4.78, 5) is 30.8. The van der Waals surface area contributed by atoms with Gasteiger partial charge in [0.2, 0.25) is 11.9 Å². The Hall–Kier alpha value is -3.18. The standard InChI is InChI=1S/C19H21F3N8O/c1-2-30-16-14(27-18(30)29-8-13(25-10-29)19(20,21)22)15(23-9-24-16)26-12-5-6-28(7-12)17(31)11-3-4-11/h8-12H,2-7H2,1H3,(H,23,24,26)/t12-/m0/s1. The van der Waals surface area contributed by atoms with E-state index in [4.69, 9.17) is 0 Å². The van der Waals surface area contributed by atoms with E-state index in [1.807, 2.05) is 11.8 Å². The van der Waals surface area contributed by atoms with Gasteiger partial charge < -0.3 is 10.2 Å². The van der Waals surface area contributed by atoms with Gasteiger partial charge in [0.15, 0.2) is 22.7 Å². The molecule has 0 spiro atoms. The highest BCUT2D eigenvalue weighted by Gasteiger charge is 2.37. The van der Waals surface area contributed by atoms with Gasteiger partial charge in [-0.3, -0.25) is 13.9 Å². The Labute approximate surface area is 175 Å². The van der Waals surface area contributed by atoms with Crippen molar-refractivity contribution in [1.29, 1.82) is 0 Å². The highest BCUT2D eigenvalue weighted by atomic mass is 19.4. The number of nitrogens with zero attached hydrogens (tertiary/aromatic N) is 7. The monoisotopic (exact) mass is 434 g/mol. The molecule has 1 saturated heterocycles. The van der Waals surface area contributed by atoms with Crippen molar-refractivity contribution in [3.8, 4) is 5.95 Å². The molecule has 3 aromatic heterocycles. The summed E-state index contributed by atoms with van der Waals surface area (Å²) in [5.74, 6) is 1.18. The van der Waals surface area contributed by atoms with Crippen LogP contribution in [-0.2, 0) is 17.5 Å². The molecule has 1 N–H and O–H groups in total. The van der Waals surface area contributed by atoms with Gasteiger partial charge in [-0.15, -0.1) is 0 Å². The zero-order valence-corrected chi connectivity index (χ0v) is 16.8. The summed E-state index contributed by atoms with van der Waals surface area (Å²) < 4.78 is 41.9. The lowest BCUT2D eigenvalue weighted by Crippen LogP contribution is -2.32. The largest absolute Gasteiger partial charge is 0.434 e. The van der Waals surface area contributed by atoms with E-state index in [1.54, 1.807) is 4.57 Å². The Kier molecular flexibility index (Phi) is 4.59. The smallest absolute Gasteiger partial charge is 0.364 e. The van der Waals surface area contributed by atoms with Crippen molar-refractivity contribution in [3.05, 3.63) is 24.5 Å². The Morgan fingerprint density at radius 2 is 2.03 bits per heavy atom. The fourth-order valence-corrected chi connectivity index (χ4v) is 3.96. The first-order chi connectivity index (χ1) is 14.8. The molecule has 1 aliphatic heterocycles. The second-order valence-electron chi connectivity index (χ2n) is 7.90. The van der Waals surface area contributed by atoms with Gasteiger partial charge >= 0.3 is 6.18 Å². The van der Waals surface area contributed by atoms with Crippen LogP contribution in [0, 0.1) is 5.92 Å². The molecule has 0 bridgehead atoms. The molecule has 1 saturated carbocycles. The van der Waals surface area contributed by atoms with Crippen LogP contribution in [0.4, 0.5) is 19.0 Å². The molecule has 9 nitrogen and oxygen atoms in total. The number of fused-ring (bicyclic) bond motifs is 1. The van der Waals surface area contributed by atoms with Crippen molar-refractivity contribution < 1.29 is 18.0 Å². The Morgan fingerprint density at radius 1 is 1.23 bits per heavy atom. The first-order valence-electron chi connectivity index (χ1n) is 10.2. The number of nitrogens with one attached hydrogen (secondary N) is 1.